The van der Waals surface area contributed by atoms with Crippen LogP contribution in [0.5, 0.6) is 5.75 Å². The fourth-order valence-electron chi connectivity index (χ4n) is 1.08. The number of hydrogen-bond acceptors (Lipinski definition) is 5. The molecule has 0 aliphatic rings. The minimum Gasteiger partial charge on any atom is -0.503 e. The van der Waals surface area contributed by atoms with Gasteiger partial charge in [0, 0.05) is 18.0 Å². The number of amides is 1. The lowest BCUT2D eigenvalue weighted by Gasteiger charge is -2.04. The van der Waals surface area contributed by atoms with Gasteiger partial charge < -0.3 is 5.11 Å². The molecule has 7 heteroatoms. The second kappa shape index (κ2) is 6.21. The number of aryl methyl sites for hydroxylation is 1. The molecule has 1 aromatic rings. The van der Waals surface area contributed by atoms with Crippen molar-refractivity contribution >= 4 is 23.4 Å². The number of carbonyl (C=O) groups excluding carboxylic acids is 1. The van der Waals surface area contributed by atoms with Gasteiger partial charge in [-0.3, -0.25) is 4.79 Å². The smallest absolute Gasteiger partial charge is 0.314 e. The number of aromatic nitrogens is 1. The van der Waals surface area contributed by atoms with Crippen molar-refractivity contribution in [2.45, 2.75) is 0 Å². The number of hydrazone groups is 1. The van der Waals surface area contributed by atoms with Gasteiger partial charge in [0.15, 0.2) is 5.75 Å². The van der Waals surface area contributed by atoms with Gasteiger partial charge in [0.25, 0.3) is 0 Å². The van der Waals surface area contributed by atoms with Gasteiger partial charge in [-0.05, 0) is 20.2 Å². The largest absolute Gasteiger partial charge is 0.503 e. The summed E-state index contributed by atoms with van der Waals surface area (Å²) in [6.45, 7) is 0. The summed E-state index contributed by atoms with van der Waals surface area (Å²) >= 11 is 1.02. The second-order valence-corrected chi connectivity index (χ2v) is 4.77. The van der Waals surface area contributed by atoms with E-state index in [1.165, 1.54) is 6.21 Å². The molecule has 0 saturated heterocycles. The molecule has 17 heavy (non-hydrogen) atoms. The molecule has 0 aliphatic carbocycles. The van der Waals surface area contributed by atoms with E-state index in [0.29, 0.717) is 0 Å². The summed E-state index contributed by atoms with van der Waals surface area (Å²) < 4.78 is 3.37. The molecule has 1 amide bonds. The summed E-state index contributed by atoms with van der Waals surface area (Å²) in [5.41, 5.74) is 3.14. The van der Waals surface area contributed by atoms with Crippen LogP contribution in [0, 0.1) is 0 Å². The minimum absolute atomic E-state index is 0.178. The minimum atomic E-state index is -0.257. The Labute approximate surface area is 104 Å². The lowest BCUT2D eigenvalue weighted by molar-refractivity contribution is -0.672. The van der Waals surface area contributed by atoms with Crippen LogP contribution < -0.4 is 9.99 Å². The Bertz CT molecular complexity index is 434. The van der Waals surface area contributed by atoms with Crippen molar-refractivity contribution in [2.24, 2.45) is 12.1 Å². The maximum Gasteiger partial charge on any atom is 0.314 e. The highest BCUT2D eigenvalue weighted by molar-refractivity contribution is 8.11. The first-order chi connectivity index (χ1) is 7.99. The first-order valence-corrected chi connectivity index (χ1v) is 5.63. The van der Waals surface area contributed by atoms with Crippen molar-refractivity contribution in [1.82, 2.24) is 9.73 Å². The van der Waals surface area contributed by atoms with Gasteiger partial charge in [0.1, 0.15) is 13.3 Å². The molecule has 1 heterocycles. The van der Waals surface area contributed by atoms with Crippen LogP contribution in [0.4, 0.5) is 4.79 Å². The number of nitrogens with zero attached hydrogens (tertiary/aromatic N) is 3. The van der Waals surface area contributed by atoms with Gasteiger partial charge in [-0.1, -0.05) is 0 Å². The number of hydrogen-bond donors (Lipinski definition) is 2. The molecule has 0 aromatic carbocycles. The van der Waals surface area contributed by atoms with Crippen LogP contribution in [-0.4, -0.2) is 35.0 Å². The molecule has 0 bridgehead atoms. The molecular formula is C10H15N4O2S+. The summed E-state index contributed by atoms with van der Waals surface area (Å²) in [5.74, 6) is 0.178. The summed E-state index contributed by atoms with van der Waals surface area (Å²) in [6.07, 6.45) is 3.06. The molecule has 92 valence electrons. The van der Waals surface area contributed by atoms with Crippen LogP contribution in [0.2, 0.25) is 0 Å². The Morgan fingerprint density at radius 3 is 2.88 bits per heavy atom. The third-order valence-corrected chi connectivity index (χ3v) is 2.40. The monoisotopic (exact) mass is 255 g/mol. The zero-order chi connectivity index (χ0) is 12.8. The predicted molar refractivity (Wildman–Crippen MR) is 66.7 cm³/mol. The maximum absolute atomic E-state index is 11.2. The molecule has 0 fully saturated rings. The van der Waals surface area contributed by atoms with Crippen molar-refractivity contribution < 1.29 is 14.5 Å². The third-order valence-electron chi connectivity index (χ3n) is 1.78. The SMILES string of the molecule is CN(C)SC(=O)N/N=C/c1ccc(O)c[n+]1C. The van der Waals surface area contributed by atoms with Crippen LogP contribution in [0.1, 0.15) is 5.69 Å². The van der Waals surface area contributed by atoms with E-state index in [-0.39, 0.29) is 11.0 Å². The Hall–Kier alpha value is -1.60. The van der Waals surface area contributed by atoms with E-state index < -0.39 is 0 Å². The summed E-state index contributed by atoms with van der Waals surface area (Å²) in [4.78, 5) is 11.2. The van der Waals surface area contributed by atoms with E-state index in [0.717, 1.165) is 17.6 Å². The Kier molecular flexibility index (Phi) is 4.92. The quantitative estimate of drug-likeness (QED) is 0.356. The highest BCUT2D eigenvalue weighted by atomic mass is 32.2. The Morgan fingerprint density at radius 2 is 2.29 bits per heavy atom. The van der Waals surface area contributed by atoms with Crippen molar-refractivity contribution in [3.63, 3.8) is 0 Å². The van der Waals surface area contributed by atoms with E-state index in [1.807, 2.05) is 0 Å². The molecule has 0 unspecified atom stereocenters. The van der Waals surface area contributed by atoms with E-state index in [1.54, 1.807) is 48.3 Å². The van der Waals surface area contributed by atoms with Crippen molar-refractivity contribution in [1.29, 1.82) is 0 Å². The van der Waals surface area contributed by atoms with Crippen molar-refractivity contribution in [3.8, 4) is 5.75 Å². The van der Waals surface area contributed by atoms with Gasteiger partial charge in [-0.15, -0.1) is 0 Å². The van der Waals surface area contributed by atoms with Gasteiger partial charge >= 0.3 is 5.24 Å². The molecule has 2 N–H and O–H groups in total. The zero-order valence-corrected chi connectivity index (χ0v) is 10.7. The predicted octanol–water partition coefficient (Wildman–Crippen LogP) is 0.470. The highest BCUT2D eigenvalue weighted by Crippen LogP contribution is 2.04. The average molecular weight is 255 g/mol. The Balaban J connectivity index is 2.56. The van der Waals surface area contributed by atoms with Crippen LogP contribution in [0.15, 0.2) is 23.4 Å². The van der Waals surface area contributed by atoms with Crippen LogP contribution >= 0.6 is 11.9 Å². The molecule has 0 spiro atoms. The number of rotatable bonds is 3. The molecule has 0 aliphatic heterocycles. The third kappa shape index (κ3) is 4.83. The maximum atomic E-state index is 11.2. The lowest BCUT2D eigenvalue weighted by atomic mass is 10.3. The van der Waals surface area contributed by atoms with Gasteiger partial charge in [-0.2, -0.15) is 9.67 Å². The lowest BCUT2D eigenvalue weighted by Crippen LogP contribution is -2.33. The van der Waals surface area contributed by atoms with E-state index >= 15 is 0 Å². The average Bonchev–Trinajstić information content (AvgIpc) is 2.20. The standard InChI is InChI=1S/C10H14N4O2S/c1-13(2)17-10(16)12-11-6-8-4-5-9(15)7-14(8)3/h4-7,15H,1-3H3/p+1. The number of aromatic hydroxyl groups is 1. The van der Waals surface area contributed by atoms with Crippen LogP contribution in [0.3, 0.4) is 0 Å². The van der Waals surface area contributed by atoms with E-state index in [2.05, 4.69) is 10.5 Å². The molecule has 0 atom stereocenters. The molecule has 1 rings (SSSR count). The van der Waals surface area contributed by atoms with Gasteiger partial charge in [0.2, 0.25) is 11.9 Å². The molecular weight excluding hydrogens is 240 g/mol. The molecule has 6 nitrogen and oxygen atoms in total. The second-order valence-electron chi connectivity index (χ2n) is 3.48. The first-order valence-electron chi connectivity index (χ1n) is 4.86. The fourth-order valence-corrected chi connectivity index (χ4v) is 1.50. The molecule has 1 aromatic heterocycles. The van der Waals surface area contributed by atoms with Crippen molar-refractivity contribution in [3.05, 3.63) is 24.0 Å². The number of nitrogens with one attached hydrogen (secondary N) is 1. The van der Waals surface area contributed by atoms with Gasteiger partial charge in [0.05, 0.1) is 0 Å². The topological polar surface area (TPSA) is 68.8 Å². The summed E-state index contributed by atoms with van der Waals surface area (Å²) in [6, 6.07) is 3.25. The summed E-state index contributed by atoms with van der Waals surface area (Å²) in [7, 11) is 5.32. The summed E-state index contributed by atoms with van der Waals surface area (Å²) in [5, 5.41) is 12.8. The molecule has 0 radical (unpaired) electrons. The van der Waals surface area contributed by atoms with E-state index in [4.69, 9.17) is 0 Å². The van der Waals surface area contributed by atoms with Crippen molar-refractivity contribution in [2.75, 3.05) is 14.1 Å². The molecule has 0 saturated carbocycles. The van der Waals surface area contributed by atoms with E-state index in [9.17, 15) is 9.90 Å². The number of pyridine rings is 1. The zero-order valence-electron chi connectivity index (χ0n) is 9.91. The number of carbonyl (C=O) groups is 1. The highest BCUT2D eigenvalue weighted by Gasteiger charge is 2.05. The van der Waals surface area contributed by atoms with Crippen LogP contribution in [0.25, 0.3) is 0 Å². The Morgan fingerprint density at radius 1 is 1.59 bits per heavy atom. The fraction of sp³-hybridized carbons (Fsp3) is 0.300. The van der Waals surface area contributed by atoms with Gasteiger partial charge in [-0.25, -0.2) is 9.73 Å². The first kappa shape index (κ1) is 13.5. The van der Waals surface area contributed by atoms with Crippen LogP contribution in [-0.2, 0) is 7.05 Å². The normalized spacial score (nSPS) is 11.1.